The summed E-state index contributed by atoms with van der Waals surface area (Å²) >= 11 is 3.36. The van der Waals surface area contributed by atoms with Crippen molar-refractivity contribution >= 4 is 38.6 Å². The van der Waals surface area contributed by atoms with E-state index in [0.29, 0.717) is 34.8 Å². The highest BCUT2D eigenvalue weighted by Gasteiger charge is 2.11. The molecule has 0 fully saturated rings. The molecule has 28 heavy (non-hydrogen) atoms. The predicted molar refractivity (Wildman–Crippen MR) is 113 cm³/mol. The lowest BCUT2D eigenvalue weighted by Gasteiger charge is -2.05. The summed E-state index contributed by atoms with van der Waals surface area (Å²) in [5.41, 5.74) is 3.44. The summed E-state index contributed by atoms with van der Waals surface area (Å²) in [5, 5.41) is 2.89. The lowest BCUT2D eigenvalue weighted by Crippen LogP contribution is -2.11. The summed E-state index contributed by atoms with van der Waals surface area (Å²) in [4.78, 5) is 16.9. The van der Waals surface area contributed by atoms with Gasteiger partial charge in [0, 0.05) is 21.3 Å². The third-order valence-corrected chi connectivity index (χ3v) is 4.69. The number of carbonyl (C=O) groups excluding carboxylic acids is 1. The molecular formula is C22H17BrN2O3. The number of hydrogen-bond acceptors (Lipinski definition) is 4. The van der Waals surface area contributed by atoms with E-state index in [9.17, 15) is 4.79 Å². The van der Waals surface area contributed by atoms with Gasteiger partial charge < -0.3 is 14.5 Å². The number of nitrogens with one attached hydrogen (secondary N) is 1. The molecule has 6 heteroatoms. The highest BCUT2D eigenvalue weighted by atomic mass is 79.9. The standard InChI is InChI=1S/C22H17BrN2O3/c1-2-27-18-10-5-15(6-11-18)22-25-19-13-17(9-12-20(19)28-22)24-21(26)14-3-7-16(23)8-4-14/h3-13H,2H2,1H3,(H,24,26). The molecule has 4 aromatic rings. The van der Waals surface area contributed by atoms with Crippen LogP contribution in [0.3, 0.4) is 0 Å². The molecule has 0 aliphatic heterocycles. The third-order valence-electron chi connectivity index (χ3n) is 4.16. The molecule has 0 bridgehead atoms. The van der Waals surface area contributed by atoms with Crippen LogP contribution in [0.4, 0.5) is 5.69 Å². The number of hydrogen-bond donors (Lipinski definition) is 1. The van der Waals surface area contributed by atoms with Gasteiger partial charge in [-0.25, -0.2) is 4.98 Å². The Hall–Kier alpha value is -3.12. The molecule has 0 spiro atoms. The van der Waals surface area contributed by atoms with Crippen LogP contribution >= 0.6 is 15.9 Å². The molecule has 5 nitrogen and oxygen atoms in total. The SMILES string of the molecule is CCOc1ccc(-c2nc3cc(NC(=O)c4ccc(Br)cc4)ccc3o2)cc1. The first kappa shape index (κ1) is 18.3. The van der Waals surface area contributed by atoms with Gasteiger partial charge in [0.1, 0.15) is 11.3 Å². The van der Waals surface area contributed by atoms with Crippen molar-refractivity contribution in [2.45, 2.75) is 6.92 Å². The fourth-order valence-electron chi connectivity index (χ4n) is 2.79. The lowest BCUT2D eigenvalue weighted by atomic mass is 10.2. The van der Waals surface area contributed by atoms with Crippen molar-refractivity contribution in [3.63, 3.8) is 0 Å². The quantitative estimate of drug-likeness (QED) is 0.422. The topological polar surface area (TPSA) is 64.4 Å². The van der Waals surface area contributed by atoms with E-state index >= 15 is 0 Å². The summed E-state index contributed by atoms with van der Waals surface area (Å²) in [7, 11) is 0. The van der Waals surface area contributed by atoms with E-state index in [1.54, 1.807) is 30.3 Å². The van der Waals surface area contributed by atoms with Crippen molar-refractivity contribution in [3.8, 4) is 17.2 Å². The Morgan fingerprint density at radius 2 is 1.82 bits per heavy atom. The largest absolute Gasteiger partial charge is 0.494 e. The maximum Gasteiger partial charge on any atom is 0.255 e. The van der Waals surface area contributed by atoms with E-state index in [0.717, 1.165) is 15.8 Å². The molecular weight excluding hydrogens is 420 g/mol. The van der Waals surface area contributed by atoms with Gasteiger partial charge in [0.05, 0.1) is 6.61 Å². The zero-order valence-electron chi connectivity index (χ0n) is 15.1. The van der Waals surface area contributed by atoms with Gasteiger partial charge in [-0.2, -0.15) is 0 Å². The second-order valence-corrected chi connectivity index (χ2v) is 7.04. The van der Waals surface area contributed by atoms with E-state index in [1.807, 2.05) is 43.3 Å². The van der Waals surface area contributed by atoms with Crippen molar-refractivity contribution in [2.75, 3.05) is 11.9 Å². The van der Waals surface area contributed by atoms with Gasteiger partial charge in [0.25, 0.3) is 5.91 Å². The highest BCUT2D eigenvalue weighted by molar-refractivity contribution is 9.10. The van der Waals surface area contributed by atoms with Gasteiger partial charge in [-0.15, -0.1) is 0 Å². The minimum atomic E-state index is -0.179. The maximum absolute atomic E-state index is 12.4. The first-order valence-electron chi connectivity index (χ1n) is 8.83. The number of oxazole rings is 1. The number of rotatable bonds is 5. The second-order valence-electron chi connectivity index (χ2n) is 6.12. The minimum absolute atomic E-state index is 0.179. The number of ether oxygens (including phenoxy) is 1. The van der Waals surface area contributed by atoms with E-state index in [-0.39, 0.29) is 5.91 Å². The number of amides is 1. The number of anilines is 1. The van der Waals surface area contributed by atoms with Crippen LogP contribution in [0.5, 0.6) is 5.75 Å². The average Bonchev–Trinajstić information content (AvgIpc) is 3.12. The summed E-state index contributed by atoms with van der Waals surface area (Å²) in [6.45, 7) is 2.57. The Morgan fingerprint density at radius 1 is 1.07 bits per heavy atom. The number of fused-ring (bicyclic) bond motifs is 1. The summed E-state index contributed by atoms with van der Waals surface area (Å²) in [6, 6.07) is 20.2. The summed E-state index contributed by atoms with van der Waals surface area (Å²) in [6.07, 6.45) is 0. The second kappa shape index (κ2) is 7.86. The van der Waals surface area contributed by atoms with Crippen molar-refractivity contribution in [3.05, 3.63) is 76.8 Å². The Kier molecular flexibility index (Phi) is 5.12. The zero-order chi connectivity index (χ0) is 19.5. The molecule has 0 saturated carbocycles. The third kappa shape index (κ3) is 3.92. The Balaban J connectivity index is 1.56. The molecule has 0 aliphatic rings. The molecule has 0 aliphatic carbocycles. The van der Waals surface area contributed by atoms with E-state index in [2.05, 4.69) is 26.2 Å². The normalized spacial score (nSPS) is 10.8. The number of carbonyl (C=O) groups is 1. The molecule has 0 atom stereocenters. The molecule has 1 aromatic heterocycles. The van der Waals surface area contributed by atoms with Crippen molar-refractivity contribution < 1.29 is 13.9 Å². The zero-order valence-corrected chi connectivity index (χ0v) is 16.7. The van der Waals surface area contributed by atoms with Crippen molar-refractivity contribution in [1.29, 1.82) is 0 Å². The number of benzene rings is 3. The molecule has 4 rings (SSSR count). The van der Waals surface area contributed by atoms with E-state index in [1.165, 1.54) is 0 Å². The number of aromatic nitrogens is 1. The minimum Gasteiger partial charge on any atom is -0.494 e. The average molecular weight is 437 g/mol. The maximum atomic E-state index is 12.4. The fourth-order valence-corrected chi connectivity index (χ4v) is 3.06. The van der Waals surface area contributed by atoms with Crippen LogP contribution in [0, 0.1) is 0 Å². The monoisotopic (exact) mass is 436 g/mol. The first-order chi connectivity index (χ1) is 13.6. The summed E-state index contributed by atoms with van der Waals surface area (Å²) in [5.74, 6) is 1.15. The summed E-state index contributed by atoms with van der Waals surface area (Å²) < 4.78 is 12.2. The van der Waals surface area contributed by atoms with Crippen LogP contribution in [0.2, 0.25) is 0 Å². The van der Waals surface area contributed by atoms with Crippen LogP contribution in [-0.2, 0) is 0 Å². The molecule has 1 N–H and O–H groups in total. The molecule has 3 aromatic carbocycles. The Morgan fingerprint density at radius 3 is 2.54 bits per heavy atom. The molecule has 0 radical (unpaired) electrons. The van der Waals surface area contributed by atoms with E-state index in [4.69, 9.17) is 9.15 Å². The van der Waals surface area contributed by atoms with Gasteiger partial charge in [-0.05, 0) is 73.7 Å². The fraction of sp³-hybridized carbons (Fsp3) is 0.0909. The Labute approximate surface area is 170 Å². The van der Waals surface area contributed by atoms with E-state index < -0.39 is 0 Å². The van der Waals surface area contributed by atoms with Gasteiger partial charge in [0.2, 0.25) is 5.89 Å². The van der Waals surface area contributed by atoms with Crippen LogP contribution in [-0.4, -0.2) is 17.5 Å². The van der Waals surface area contributed by atoms with Crippen molar-refractivity contribution in [2.24, 2.45) is 0 Å². The highest BCUT2D eigenvalue weighted by Crippen LogP contribution is 2.27. The molecule has 1 heterocycles. The number of nitrogens with zero attached hydrogens (tertiary/aromatic N) is 1. The molecule has 140 valence electrons. The smallest absolute Gasteiger partial charge is 0.255 e. The van der Waals surface area contributed by atoms with Crippen LogP contribution in [0.1, 0.15) is 17.3 Å². The van der Waals surface area contributed by atoms with Crippen LogP contribution in [0.15, 0.2) is 75.6 Å². The van der Waals surface area contributed by atoms with Gasteiger partial charge in [-0.1, -0.05) is 15.9 Å². The predicted octanol–water partition coefficient (Wildman–Crippen LogP) is 5.91. The lowest BCUT2D eigenvalue weighted by molar-refractivity contribution is 0.102. The van der Waals surface area contributed by atoms with Gasteiger partial charge in [-0.3, -0.25) is 4.79 Å². The van der Waals surface area contributed by atoms with Crippen LogP contribution < -0.4 is 10.1 Å². The van der Waals surface area contributed by atoms with Gasteiger partial charge >= 0.3 is 0 Å². The van der Waals surface area contributed by atoms with Crippen molar-refractivity contribution in [1.82, 2.24) is 4.98 Å². The van der Waals surface area contributed by atoms with Gasteiger partial charge in [0.15, 0.2) is 5.58 Å². The number of halogens is 1. The first-order valence-corrected chi connectivity index (χ1v) is 9.62. The molecule has 0 saturated heterocycles. The Bertz CT molecular complexity index is 1120. The molecule has 0 unspecified atom stereocenters. The molecule has 1 amide bonds. The van der Waals surface area contributed by atoms with Crippen LogP contribution in [0.25, 0.3) is 22.6 Å².